The zero-order valence-corrected chi connectivity index (χ0v) is 15.2. The van der Waals surface area contributed by atoms with Crippen molar-refractivity contribution in [2.24, 2.45) is 12.8 Å². The van der Waals surface area contributed by atoms with Crippen molar-refractivity contribution in [2.75, 3.05) is 0 Å². The molecule has 20 heavy (non-hydrogen) atoms. The minimum absolute atomic E-state index is 0.193. The van der Waals surface area contributed by atoms with E-state index in [1.165, 1.54) is 14.9 Å². The van der Waals surface area contributed by atoms with Crippen LogP contribution in [0.2, 0.25) is 0 Å². The molecule has 2 N–H and O–H groups in total. The molecule has 0 saturated carbocycles. The van der Waals surface area contributed by atoms with E-state index in [9.17, 15) is 0 Å². The molecule has 0 spiro atoms. The van der Waals surface area contributed by atoms with Gasteiger partial charge in [-0.05, 0) is 12.5 Å². The first-order valence-electron chi connectivity index (χ1n) is 6.71. The molecule has 0 fully saturated rings. The third-order valence-corrected chi connectivity index (χ3v) is 4.32. The van der Waals surface area contributed by atoms with Crippen molar-refractivity contribution < 1.29 is 19.4 Å². The molecule has 4 heteroatoms. The maximum absolute atomic E-state index is 5.40. The molecule has 0 amide bonds. The first-order valence-corrected chi connectivity index (χ1v) is 7.85. The second kappa shape index (κ2) is 7.19. The zero-order valence-electron chi connectivity index (χ0n) is 13.0. The van der Waals surface area contributed by atoms with Gasteiger partial charge in [0.25, 0.3) is 0 Å². The number of nitrogens with zero attached hydrogens (tertiary/aromatic N) is 2. The molecule has 114 valence electrons. The minimum atomic E-state index is 0.193. The number of imidazole rings is 1. The Labute approximate surface area is 132 Å². The Morgan fingerprint density at radius 3 is 1.95 bits per heavy atom. The van der Waals surface area contributed by atoms with E-state index >= 15 is 0 Å². The predicted octanol–water partition coefficient (Wildman–Crippen LogP) is 3.11. The Kier molecular flexibility index (Phi) is 6.16. The molecular formula is C16H25N3Pt. The first kappa shape index (κ1) is 17.1. The molecule has 1 heterocycles. The van der Waals surface area contributed by atoms with Crippen LogP contribution in [0.15, 0.2) is 36.7 Å². The van der Waals surface area contributed by atoms with E-state index in [0.717, 1.165) is 0 Å². The summed E-state index contributed by atoms with van der Waals surface area (Å²) < 4.78 is 5.64. The van der Waals surface area contributed by atoms with Crippen LogP contribution in [-0.4, -0.2) is 9.13 Å². The van der Waals surface area contributed by atoms with Crippen LogP contribution in [0.25, 0.3) is 0 Å². The number of hydrogen-bond donors (Lipinski definition) is 1. The summed E-state index contributed by atoms with van der Waals surface area (Å²) in [5.41, 5.74) is 8.07. The quantitative estimate of drug-likeness (QED) is 0.707. The molecule has 0 aliphatic rings. The van der Waals surface area contributed by atoms with Crippen LogP contribution < -0.4 is 5.73 Å². The van der Waals surface area contributed by atoms with Gasteiger partial charge in [0.05, 0.1) is 0 Å². The number of rotatable bonds is 1. The molecule has 1 aromatic carbocycles. The molecule has 0 aliphatic heterocycles. The third kappa shape index (κ3) is 4.88. The second-order valence-corrected chi connectivity index (χ2v) is 6.90. The van der Waals surface area contributed by atoms with Crippen molar-refractivity contribution in [2.45, 2.75) is 39.8 Å². The Balaban J connectivity index is 0.000000204. The molecule has 0 aliphatic carbocycles. The second-order valence-electron chi connectivity index (χ2n) is 5.88. The average Bonchev–Trinajstić information content (AvgIpc) is 2.71. The van der Waals surface area contributed by atoms with Gasteiger partial charge >= 0.3 is 78.0 Å². The van der Waals surface area contributed by atoms with Crippen LogP contribution in [0, 0.1) is 10.7 Å². The summed E-state index contributed by atoms with van der Waals surface area (Å²) in [5, 5.41) is 0. The fraction of sp³-hybridized carbons (Fsp3) is 0.438. The summed E-state index contributed by atoms with van der Waals surface area (Å²) >= 11 is 2.33. The van der Waals surface area contributed by atoms with Crippen LogP contribution in [0.3, 0.4) is 0 Å². The Hall–Kier alpha value is -0.922. The van der Waals surface area contributed by atoms with E-state index in [1.807, 2.05) is 0 Å². The number of aryl methyl sites for hydroxylation is 2. The standard InChI is InChI=1S/C8H14N2.C8H11N.Pt/c1-8(2,3)10-6-5-9(4)7-10;1-7-2-4-8(6-9)5-3-7;/h5-6H,1-4H3;2-5H,6,9H2,1H3;. The molecule has 1 aromatic heterocycles. The van der Waals surface area contributed by atoms with E-state index in [-0.39, 0.29) is 5.54 Å². The molecule has 2 rings (SSSR count). The van der Waals surface area contributed by atoms with Gasteiger partial charge in [0.1, 0.15) is 0 Å². The van der Waals surface area contributed by atoms with Crippen molar-refractivity contribution in [1.29, 1.82) is 0 Å². The van der Waals surface area contributed by atoms with Crippen molar-refractivity contribution >= 4 is 0 Å². The normalized spacial score (nSPS) is 11.0. The molecule has 0 unspecified atom stereocenters. The topological polar surface area (TPSA) is 35.9 Å². The number of hydrogen-bond acceptors (Lipinski definition) is 1. The van der Waals surface area contributed by atoms with Gasteiger partial charge in [0, 0.05) is 6.54 Å². The maximum atomic E-state index is 5.40. The van der Waals surface area contributed by atoms with Gasteiger partial charge in [0.2, 0.25) is 0 Å². The Bertz CT molecular complexity index is 585. The summed E-state index contributed by atoms with van der Waals surface area (Å²) in [7, 11) is 2.06. The van der Waals surface area contributed by atoms with E-state index in [0.29, 0.717) is 6.54 Å². The van der Waals surface area contributed by atoms with Gasteiger partial charge in [-0.15, -0.1) is 0 Å². The van der Waals surface area contributed by atoms with Crippen LogP contribution in [0.1, 0.15) is 31.9 Å². The van der Waals surface area contributed by atoms with Gasteiger partial charge in [-0.1, -0.05) is 29.8 Å². The van der Waals surface area contributed by atoms with Gasteiger partial charge in [0.15, 0.2) is 0 Å². The van der Waals surface area contributed by atoms with Crippen molar-refractivity contribution in [3.63, 3.8) is 0 Å². The van der Waals surface area contributed by atoms with Crippen LogP contribution >= 0.6 is 0 Å². The third-order valence-electron chi connectivity index (χ3n) is 2.97. The first-order chi connectivity index (χ1) is 9.25. The van der Waals surface area contributed by atoms with Crippen LogP contribution in [0.4, 0.5) is 0 Å². The summed E-state index contributed by atoms with van der Waals surface area (Å²) in [4.78, 5) is 0. The summed E-state index contributed by atoms with van der Waals surface area (Å²) in [6, 6.07) is 8.25. The van der Waals surface area contributed by atoms with Crippen molar-refractivity contribution in [1.82, 2.24) is 9.13 Å². The van der Waals surface area contributed by atoms with Gasteiger partial charge in [-0.3, -0.25) is 0 Å². The van der Waals surface area contributed by atoms with Gasteiger partial charge in [-0.2, -0.15) is 0 Å². The summed E-state index contributed by atoms with van der Waals surface area (Å²) in [6.45, 7) is 9.32. The SMILES string of the molecule is Cc1ccc(CN)cc1.Cn1ccn(C(C)(C)C)[c]1=[Pt]. The fourth-order valence-electron chi connectivity index (χ4n) is 1.65. The van der Waals surface area contributed by atoms with E-state index in [4.69, 9.17) is 5.73 Å². The van der Waals surface area contributed by atoms with Crippen molar-refractivity contribution in [3.8, 4) is 0 Å². The monoisotopic (exact) mass is 454 g/mol. The van der Waals surface area contributed by atoms with Crippen molar-refractivity contribution in [3.05, 3.63) is 51.6 Å². The van der Waals surface area contributed by atoms with E-state index in [2.05, 4.69) is 99.9 Å². The molecule has 0 atom stereocenters. The van der Waals surface area contributed by atoms with E-state index < -0.39 is 0 Å². The average molecular weight is 454 g/mol. The Morgan fingerprint density at radius 2 is 1.65 bits per heavy atom. The molecule has 0 radical (unpaired) electrons. The predicted molar refractivity (Wildman–Crippen MR) is 80.7 cm³/mol. The van der Waals surface area contributed by atoms with Crippen LogP contribution in [0.5, 0.6) is 0 Å². The fourth-order valence-corrected chi connectivity index (χ4v) is 2.76. The van der Waals surface area contributed by atoms with Gasteiger partial charge < -0.3 is 5.73 Å². The molecule has 0 bridgehead atoms. The molecular weight excluding hydrogens is 429 g/mol. The number of nitrogens with two attached hydrogens (primary N) is 1. The number of aromatic nitrogens is 2. The number of benzene rings is 1. The van der Waals surface area contributed by atoms with E-state index in [1.54, 1.807) is 0 Å². The van der Waals surface area contributed by atoms with Crippen LogP contribution in [-0.2, 0) is 38.5 Å². The molecule has 2 aromatic rings. The summed E-state index contributed by atoms with van der Waals surface area (Å²) in [5.74, 6) is 0. The molecule has 3 nitrogen and oxygen atoms in total. The molecule has 0 saturated heterocycles. The summed E-state index contributed by atoms with van der Waals surface area (Å²) in [6.07, 6.45) is 4.19. The Morgan fingerprint density at radius 1 is 1.10 bits per heavy atom. The zero-order chi connectivity index (χ0) is 15.3. The van der Waals surface area contributed by atoms with Gasteiger partial charge in [-0.25, -0.2) is 0 Å².